The van der Waals surface area contributed by atoms with Crippen molar-refractivity contribution in [2.45, 2.75) is 6.42 Å². The summed E-state index contributed by atoms with van der Waals surface area (Å²) in [6.07, 6.45) is 1.70. The third-order valence-electron chi connectivity index (χ3n) is 1.54. The standard InChI is InChI=1S/C6H6N2O5/c9-6-2-1-4(7(10)11)3-5(6)8(12)13/h1-2,9H,3H2,(H,10,11). The summed E-state index contributed by atoms with van der Waals surface area (Å²) >= 11 is 0. The largest absolute Gasteiger partial charge is 0.502 e. The first-order chi connectivity index (χ1) is 6.02. The van der Waals surface area contributed by atoms with E-state index in [1.807, 2.05) is 0 Å². The minimum atomic E-state index is -0.803. The molecule has 0 spiro atoms. The molecule has 13 heavy (non-hydrogen) atoms. The number of aliphatic hydroxyl groups is 1. The van der Waals surface area contributed by atoms with Gasteiger partial charge < -0.3 is 10.3 Å². The second-order valence-electron chi connectivity index (χ2n) is 2.36. The van der Waals surface area contributed by atoms with Crippen LogP contribution in [0.5, 0.6) is 0 Å². The second-order valence-corrected chi connectivity index (χ2v) is 2.36. The lowest BCUT2D eigenvalue weighted by Crippen LogP contribution is -2.17. The summed E-state index contributed by atoms with van der Waals surface area (Å²) in [5, 5.41) is 38.0. The monoisotopic (exact) mass is 186 g/mol. The van der Waals surface area contributed by atoms with Crippen LogP contribution < -0.4 is 0 Å². The molecule has 0 unspecified atom stereocenters. The second kappa shape index (κ2) is 3.13. The number of nitrogens with zero attached hydrogens (tertiary/aromatic N) is 2. The molecule has 0 saturated heterocycles. The molecule has 0 heterocycles. The molecule has 0 fully saturated rings. The van der Waals surface area contributed by atoms with E-state index in [0.29, 0.717) is 0 Å². The molecule has 0 radical (unpaired) electrons. The highest BCUT2D eigenvalue weighted by molar-refractivity contribution is 5.93. The van der Waals surface area contributed by atoms with Crippen molar-refractivity contribution in [3.05, 3.63) is 38.9 Å². The molecule has 0 aliphatic heterocycles. The van der Waals surface area contributed by atoms with E-state index in [4.69, 9.17) is 10.3 Å². The van der Waals surface area contributed by atoms with Gasteiger partial charge in [0.1, 0.15) is 6.42 Å². The molecule has 0 amide bonds. The average Bonchev–Trinajstić information content (AvgIpc) is 2.04. The van der Waals surface area contributed by atoms with Crippen molar-refractivity contribution in [3.63, 3.8) is 0 Å². The van der Waals surface area contributed by atoms with E-state index in [0.717, 1.165) is 12.2 Å². The molecule has 2 N–H and O–H groups in total. The van der Waals surface area contributed by atoms with Crippen molar-refractivity contribution in [3.8, 4) is 0 Å². The van der Waals surface area contributed by atoms with Gasteiger partial charge in [0.05, 0.1) is 4.92 Å². The van der Waals surface area contributed by atoms with Crippen molar-refractivity contribution in [2.24, 2.45) is 0 Å². The molecule has 0 saturated carbocycles. The van der Waals surface area contributed by atoms with Gasteiger partial charge in [0.2, 0.25) is 0 Å². The average molecular weight is 186 g/mol. The van der Waals surface area contributed by atoms with E-state index in [1.54, 1.807) is 0 Å². The summed E-state index contributed by atoms with van der Waals surface area (Å²) in [6.45, 7) is 0. The molecule has 0 atom stereocenters. The van der Waals surface area contributed by atoms with E-state index in [-0.39, 0.29) is 5.71 Å². The van der Waals surface area contributed by atoms with Crippen molar-refractivity contribution in [1.82, 2.24) is 0 Å². The van der Waals surface area contributed by atoms with E-state index in [9.17, 15) is 15.3 Å². The van der Waals surface area contributed by atoms with Gasteiger partial charge in [0.15, 0.2) is 5.76 Å². The molecule has 0 aromatic rings. The zero-order valence-corrected chi connectivity index (χ0v) is 6.38. The van der Waals surface area contributed by atoms with Gasteiger partial charge in [-0.15, -0.1) is 0 Å². The molecule has 1 aliphatic rings. The quantitative estimate of drug-likeness (QED) is 0.265. The van der Waals surface area contributed by atoms with Gasteiger partial charge in [-0.1, -0.05) is 0 Å². The topological polar surface area (TPSA) is 110 Å². The van der Waals surface area contributed by atoms with Gasteiger partial charge >= 0.3 is 0 Å². The van der Waals surface area contributed by atoms with E-state index in [1.165, 1.54) is 0 Å². The minimum Gasteiger partial charge on any atom is -0.502 e. The minimum absolute atomic E-state index is 0.190. The fourth-order valence-electron chi connectivity index (χ4n) is 0.882. The molecule has 70 valence electrons. The van der Waals surface area contributed by atoms with Crippen LogP contribution in [0, 0.1) is 15.3 Å². The van der Waals surface area contributed by atoms with Crippen molar-refractivity contribution in [2.75, 3.05) is 0 Å². The summed E-state index contributed by atoms with van der Waals surface area (Å²) in [7, 11) is 0. The van der Waals surface area contributed by atoms with Gasteiger partial charge in [-0.3, -0.25) is 15.3 Å². The Labute approximate surface area is 72.2 Å². The maximum Gasteiger partial charge on any atom is 0.298 e. The number of rotatable bonds is 1. The Hall–Kier alpha value is -2.05. The molecular weight excluding hydrogens is 180 g/mol. The third-order valence-corrected chi connectivity index (χ3v) is 1.54. The van der Waals surface area contributed by atoms with Crippen LogP contribution in [0.3, 0.4) is 0 Å². The predicted octanol–water partition coefficient (Wildman–Crippen LogP) is 0.333. The lowest BCUT2D eigenvalue weighted by Gasteiger charge is -2.03. The zero-order chi connectivity index (χ0) is 10.0. The van der Waals surface area contributed by atoms with E-state index >= 15 is 0 Å². The van der Waals surface area contributed by atoms with Gasteiger partial charge in [0.25, 0.3) is 11.4 Å². The Balaban J connectivity index is 3.04. The van der Waals surface area contributed by atoms with Crippen LogP contribution in [0.25, 0.3) is 0 Å². The Bertz CT molecular complexity index is 337. The highest BCUT2D eigenvalue weighted by atomic mass is 16.8. The van der Waals surface area contributed by atoms with Crippen LogP contribution in [0.15, 0.2) is 23.6 Å². The SMILES string of the molecule is O=[N+]([O-])C1=C(O)C=CC(=[N+]([O-])O)C1. The lowest BCUT2D eigenvalue weighted by atomic mass is 10.1. The summed E-state index contributed by atoms with van der Waals surface area (Å²) < 4.78 is 0. The highest BCUT2D eigenvalue weighted by Crippen LogP contribution is 2.15. The maximum absolute atomic E-state index is 10.3. The Kier molecular flexibility index (Phi) is 2.18. The Morgan fingerprint density at radius 1 is 1.38 bits per heavy atom. The fraction of sp³-hybridized carbons (Fsp3) is 0.167. The summed E-state index contributed by atoms with van der Waals surface area (Å²) in [5.41, 5.74) is -0.697. The maximum atomic E-state index is 10.3. The highest BCUT2D eigenvalue weighted by Gasteiger charge is 2.27. The van der Waals surface area contributed by atoms with Crippen LogP contribution >= 0.6 is 0 Å². The fourth-order valence-corrected chi connectivity index (χ4v) is 0.882. The third kappa shape index (κ3) is 1.75. The molecule has 0 aromatic carbocycles. The summed E-state index contributed by atoms with van der Waals surface area (Å²) in [6, 6.07) is 0. The molecule has 1 aliphatic carbocycles. The molecule has 0 aromatic heterocycles. The zero-order valence-electron chi connectivity index (χ0n) is 6.38. The Morgan fingerprint density at radius 2 is 2.00 bits per heavy atom. The molecule has 0 bridgehead atoms. The molecule has 1 rings (SSSR count). The van der Waals surface area contributed by atoms with Crippen molar-refractivity contribution in [1.29, 1.82) is 0 Å². The normalized spacial score (nSPS) is 20.3. The van der Waals surface area contributed by atoms with Gasteiger partial charge in [-0.05, 0) is 6.08 Å². The number of nitro groups is 1. The van der Waals surface area contributed by atoms with Crippen LogP contribution in [0.1, 0.15) is 6.42 Å². The van der Waals surface area contributed by atoms with Gasteiger partial charge in [0, 0.05) is 11.0 Å². The first-order valence-electron chi connectivity index (χ1n) is 3.29. The van der Waals surface area contributed by atoms with Crippen LogP contribution in [0.2, 0.25) is 0 Å². The number of hydrogen-bond acceptors (Lipinski definition) is 5. The first kappa shape index (κ1) is 9.04. The molecular formula is C6H6N2O5. The number of aliphatic hydroxyl groups excluding tert-OH is 1. The Morgan fingerprint density at radius 3 is 2.46 bits per heavy atom. The van der Waals surface area contributed by atoms with Gasteiger partial charge in [-0.2, -0.15) is 0 Å². The molecule has 7 nitrogen and oxygen atoms in total. The summed E-state index contributed by atoms with van der Waals surface area (Å²) in [4.78, 5) is 9.00. The first-order valence-corrected chi connectivity index (χ1v) is 3.29. The number of hydrogen-bond donors (Lipinski definition) is 2. The van der Waals surface area contributed by atoms with Crippen LogP contribution in [0.4, 0.5) is 0 Å². The summed E-state index contributed by atoms with van der Waals surface area (Å²) in [5.74, 6) is -0.504. The van der Waals surface area contributed by atoms with Crippen LogP contribution in [-0.2, 0) is 0 Å². The predicted molar refractivity (Wildman–Crippen MR) is 40.8 cm³/mol. The van der Waals surface area contributed by atoms with Crippen molar-refractivity contribution < 1.29 is 20.1 Å². The lowest BCUT2D eigenvalue weighted by molar-refractivity contribution is -0.726. The smallest absolute Gasteiger partial charge is 0.298 e. The van der Waals surface area contributed by atoms with E-state index < -0.39 is 27.7 Å². The van der Waals surface area contributed by atoms with Crippen LogP contribution in [-0.4, -0.2) is 25.9 Å². The molecule has 7 heteroatoms. The van der Waals surface area contributed by atoms with Crippen molar-refractivity contribution >= 4 is 5.71 Å². The van der Waals surface area contributed by atoms with Gasteiger partial charge in [-0.25, -0.2) is 0 Å². The van der Waals surface area contributed by atoms with E-state index in [2.05, 4.69) is 0 Å². The number of allylic oxidation sites excluding steroid dienone is 3.